The van der Waals surface area contributed by atoms with Crippen LogP contribution in [-0.2, 0) is 0 Å². The lowest BCUT2D eigenvalue weighted by atomic mass is 10.1. The Hall–Kier alpha value is -1.36. The molecule has 18 heavy (non-hydrogen) atoms. The largest absolute Gasteiger partial charge is 0.341 e. The van der Waals surface area contributed by atoms with E-state index in [1.807, 2.05) is 24.1 Å². The van der Waals surface area contributed by atoms with Gasteiger partial charge in [0.15, 0.2) is 0 Å². The number of para-hydroxylation sites is 1. The lowest BCUT2D eigenvalue weighted by molar-refractivity contribution is 0.528. The lowest BCUT2D eigenvalue weighted by Gasteiger charge is -2.32. The molecular formula is C13H16BrN3O. The van der Waals surface area contributed by atoms with Crippen LogP contribution in [0.2, 0.25) is 0 Å². The molecule has 1 aromatic heterocycles. The predicted octanol–water partition coefficient (Wildman–Crippen LogP) is 2.92. The number of rotatable bonds is 1. The van der Waals surface area contributed by atoms with Gasteiger partial charge in [-0.2, -0.15) is 0 Å². The van der Waals surface area contributed by atoms with Gasteiger partial charge in [-0.3, -0.25) is 9.78 Å². The second-order valence-electron chi connectivity index (χ2n) is 5.26. The number of hydrogen-bond acceptors (Lipinski definition) is 3. The van der Waals surface area contributed by atoms with Crippen LogP contribution in [0.3, 0.4) is 0 Å². The van der Waals surface area contributed by atoms with Crippen LogP contribution in [0.25, 0.3) is 10.9 Å². The Morgan fingerprint density at radius 2 is 2.00 bits per heavy atom. The van der Waals surface area contributed by atoms with E-state index in [-0.39, 0.29) is 11.1 Å². The molecule has 0 aliphatic heterocycles. The minimum Gasteiger partial charge on any atom is -0.341 e. The monoisotopic (exact) mass is 309 g/mol. The Bertz CT molecular complexity index is 643. The van der Waals surface area contributed by atoms with Gasteiger partial charge < -0.3 is 4.90 Å². The summed E-state index contributed by atoms with van der Waals surface area (Å²) in [6.07, 6.45) is 0. The van der Waals surface area contributed by atoms with Crippen LogP contribution in [0.4, 0.5) is 5.95 Å². The molecule has 0 amide bonds. The fourth-order valence-electron chi connectivity index (χ4n) is 1.59. The van der Waals surface area contributed by atoms with Crippen LogP contribution in [-0.4, -0.2) is 22.6 Å². The van der Waals surface area contributed by atoms with Gasteiger partial charge in [0.2, 0.25) is 5.95 Å². The van der Waals surface area contributed by atoms with E-state index >= 15 is 0 Å². The third-order valence-corrected chi connectivity index (χ3v) is 3.64. The summed E-state index contributed by atoms with van der Waals surface area (Å²) in [6.45, 7) is 6.20. The average Bonchev–Trinajstić information content (AvgIpc) is 2.28. The molecule has 1 heterocycles. The molecule has 0 saturated carbocycles. The molecule has 1 N–H and O–H groups in total. The number of aromatic amines is 1. The van der Waals surface area contributed by atoms with E-state index < -0.39 is 0 Å². The summed E-state index contributed by atoms with van der Waals surface area (Å²) in [6, 6.07) is 5.49. The number of fused-ring (bicyclic) bond motifs is 1. The first-order chi connectivity index (χ1) is 8.30. The Morgan fingerprint density at radius 1 is 1.33 bits per heavy atom. The number of nitrogens with zero attached hydrogens (tertiary/aromatic N) is 2. The van der Waals surface area contributed by atoms with Gasteiger partial charge in [0.25, 0.3) is 5.56 Å². The second kappa shape index (κ2) is 4.39. The Labute approximate surface area is 114 Å². The maximum atomic E-state index is 12.0. The van der Waals surface area contributed by atoms with Gasteiger partial charge in [-0.15, -0.1) is 0 Å². The van der Waals surface area contributed by atoms with Gasteiger partial charge in [-0.1, -0.05) is 6.07 Å². The molecule has 0 saturated heterocycles. The summed E-state index contributed by atoms with van der Waals surface area (Å²) in [7, 11) is 1.92. The van der Waals surface area contributed by atoms with Crippen LogP contribution < -0.4 is 10.5 Å². The number of aromatic nitrogens is 2. The molecule has 0 atom stereocenters. The summed E-state index contributed by atoms with van der Waals surface area (Å²) in [5.74, 6) is 0.576. The molecule has 96 valence electrons. The van der Waals surface area contributed by atoms with E-state index in [4.69, 9.17) is 0 Å². The highest BCUT2D eigenvalue weighted by Crippen LogP contribution is 2.23. The van der Waals surface area contributed by atoms with Crippen LogP contribution in [0.1, 0.15) is 20.8 Å². The fraction of sp³-hybridized carbons (Fsp3) is 0.385. The minimum absolute atomic E-state index is 0.106. The van der Waals surface area contributed by atoms with Gasteiger partial charge in [0.1, 0.15) is 0 Å². The van der Waals surface area contributed by atoms with Crippen molar-refractivity contribution < 1.29 is 0 Å². The highest BCUT2D eigenvalue weighted by atomic mass is 79.9. The SMILES string of the molecule is CN(c1nc2c(Br)cccc2c(=O)[nH]1)C(C)(C)C. The van der Waals surface area contributed by atoms with Gasteiger partial charge in [0, 0.05) is 17.1 Å². The van der Waals surface area contributed by atoms with Crippen molar-refractivity contribution >= 4 is 32.8 Å². The smallest absolute Gasteiger partial charge is 0.260 e. The van der Waals surface area contributed by atoms with E-state index in [9.17, 15) is 4.79 Å². The van der Waals surface area contributed by atoms with Gasteiger partial charge in [-0.05, 0) is 48.8 Å². The first kappa shape index (κ1) is 13.1. The number of hydrogen-bond donors (Lipinski definition) is 1. The third kappa shape index (κ3) is 2.27. The molecule has 0 aliphatic carbocycles. The van der Waals surface area contributed by atoms with E-state index in [2.05, 4.69) is 46.7 Å². The molecule has 5 heteroatoms. The van der Waals surface area contributed by atoms with Gasteiger partial charge in [0.05, 0.1) is 10.9 Å². The Morgan fingerprint density at radius 3 is 2.61 bits per heavy atom. The quantitative estimate of drug-likeness (QED) is 0.881. The molecule has 1 aromatic carbocycles. The fourth-order valence-corrected chi connectivity index (χ4v) is 2.05. The number of anilines is 1. The highest BCUT2D eigenvalue weighted by Gasteiger charge is 2.20. The van der Waals surface area contributed by atoms with E-state index in [1.54, 1.807) is 6.07 Å². The lowest BCUT2D eigenvalue weighted by Crippen LogP contribution is -2.40. The molecule has 0 spiro atoms. The molecular weight excluding hydrogens is 294 g/mol. The van der Waals surface area contributed by atoms with Crippen molar-refractivity contribution in [3.63, 3.8) is 0 Å². The van der Waals surface area contributed by atoms with Crippen LogP contribution in [0.5, 0.6) is 0 Å². The normalized spacial score (nSPS) is 11.8. The van der Waals surface area contributed by atoms with E-state index in [1.165, 1.54) is 0 Å². The van der Waals surface area contributed by atoms with Crippen molar-refractivity contribution in [2.45, 2.75) is 26.3 Å². The first-order valence-electron chi connectivity index (χ1n) is 5.73. The van der Waals surface area contributed by atoms with Crippen molar-refractivity contribution in [2.24, 2.45) is 0 Å². The molecule has 4 nitrogen and oxygen atoms in total. The highest BCUT2D eigenvalue weighted by molar-refractivity contribution is 9.10. The zero-order chi connectivity index (χ0) is 13.5. The Balaban J connectivity index is 2.70. The predicted molar refractivity (Wildman–Crippen MR) is 78.2 cm³/mol. The summed E-state index contributed by atoms with van der Waals surface area (Å²) < 4.78 is 0.828. The van der Waals surface area contributed by atoms with Gasteiger partial charge >= 0.3 is 0 Å². The molecule has 2 aromatic rings. The zero-order valence-corrected chi connectivity index (χ0v) is 12.5. The molecule has 0 bridgehead atoms. The van der Waals surface area contributed by atoms with Crippen molar-refractivity contribution in [2.75, 3.05) is 11.9 Å². The summed E-state index contributed by atoms with van der Waals surface area (Å²) in [5, 5.41) is 0.593. The van der Waals surface area contributed by atoms with Crippen LogP contribution in [0, 0.1) is 0 Å². The van der Waals surface area contributed by atoms with Crippen molar-refractivity contribution in [3.05, 3.63) is 33.0 Å². The molecule has 0 fully saturated rings. The van der Waals surface area contributed by atoms with E-state index in [0.717, 1.165) is 4.47 Å². The molecule has 0 aliphatic rings. The number of nitrogens with one attached hydrogen (secondary N) is 1. The summed E-state index contributed by atoms with van der Waals surface area (Å²) in [4.78, 5) is 21.3. The van der Waals surface area contributed by atoms with Crippen LogP contribution in [0.15, 0.2) is 27.5 Å². The Kier molecular flexibility index (Phi) is 3.19. The van der Waals surface area contributed by atoms with Crippen molar-refractivity contribution in [1.29, 1.82) is 0 Å². The summed E-state index contributed by atoms with van der Waals surface area (Å²) in [5.41, 5.74) is 0.463. The third-order valence-electron chi connectivity index (χ3n) is 3.00. The zero-order valence-electron chi connectivity index (χ0n) is 10.9. The molecule has 2 rings (SSSR count). The molecule has 0 radical (unpaired) electrons. The van der Waals surface area contributed by atoms with E-state index in [0.29, 0.717) is 16.9 Å². The van der Waals surface area contributed by atoms with Crippen molar-refractivity contribution in [1.82, 2.24) is 9.97 Å². The maximum absolute atomic E-state index is 12.0. The maximum Gasteiger partial charge on any atom is 0.260 e. The minimum atomic E-state index is -0.118. The topological polar surface area (TPSA) is 49.0 Å². The van der Waals surface area contributed by atoms with Crippen LogP contribution >= 0.6 is 15.9 Å². The second-order valence-corrected chi connectivity index (χ2v) is 6.11. The van der Waals surface area contributed by atoms with Gasteiger partial charge in [-0.25, -0.2) is 4.98 Å². The standard InChI is InChI=1S/C13H16BrN3O/c1-13(2,3)17(4)12-15-10-8(11(18)16-12)6-5-7-9(10)14/h5-7H,1-4H3,(H,15,16,18). The average molecular weight is 310 g/mol. The van der Waals surface area contributed by atoms with Crippen molar-refractivity contribution in [3.8, 4) is 0 Å². The number of halogens is 1. The number of H-pyrrole nitrogens is 1. The first-order valence-corrected chi connectivity index (χ1v) is 6.52. The summed E-state index contributed by atoms with van der Waals surface area (Å²) >= 11 is 3.43. The molecule has 0 unspecified atom stereocenters. The number of benzene rings is 1.